The number of aliphatic carboxylic acids is 1. The zero-order chi connectivity index (χ0) is 30.0. The van der Waals surface area contributed by atoms with Gasteiger partial charge in [-0.1, -0.05) is 13.2 Å². The second-order valence-electron chi connectivity index (χ2n) is 7.64. The van der Waals surface area contributed by atoms with Crippen molar-refractivity contribution in [2.45, 2.75) is 61.3 Å². The van der Waals surface area contributed by atoms with Crippen LogP contribution in [0.4, 0.5) is 52.7 Å². The third-order valence-corrected chi connectivity index (χ3v) is 5.46. The number of carboxylic acid groups (broad SMARTS) is 1. The molecule has 0 aromatic rings. The maximum absolute atomic E-state index is 13.1. The van der Waals surface area contributed by atoms with Crippen molar-refractivity contribution in [1.29, 1.82) is 0 Å². The van der Waals surface area contributed by atoms with E-state index >= 15 is 0 Å². The number of rotatable bonds is 5. The first-order chi connectivity index (χ1) is 16.2. The quantitative estimate of drug-likeness (QED) is 0.160. The van der Waals surface area contributed by atoms with Gasteiger partial charge in [-0.15, -0.1) is 12.6 Å². The topological polar surface area (TPSA) is 104 Å². The number of hydrogen-bond donors (Lipinski definition) is 4. The monoisotopic (exact) mass is 590 g/mol. The van der Waals surface area contributed by atoms with E-state index in [2.05, 4.69) is 30.5 Å². The summed E-state index contributed by atoms with van der Waals surface area (Å²) in [5, 5.41) is 26.7. The van der Waals surface area contributed by atoms with Crippen LogP contribution in [-0.4, -0.2) is 69.3 Å². The number of thiol groups is 1. The van der Waals surface area contributed by atoms with Crippen LogP contribution in [0.1, 0.15) is 19.3 Å². The van der Waals surface area contributed by atoms with Crippen LogP contribution in [0.15, 0.2) is 24.1 Å². The van der Waals surface area contributed by atoms with Gasteiger partial charge in [0.1, 0.15) is 6.10 Å². The summed E-state index contributed by atoms with van der Waals surface area (Å²) in [5.74, 6) is -9.41. The number of aliphatic hydroxyl groups is 2. The highest BCUT2D eigenvalue weighted by molar-refractivity contribution is 7.85. The molecule has 3 N–H and O–H groups in total. The first kappa shape index (κ1) is 34.9. The van der Waals surface area contributed by atoms with Gasteiger partial charge < -0.3 is 20.1 Å². The average Bonchev–Trinajstić information content (AvgIpc) is 2.69. The molecule has 0 aromatic heterocycles. The van der Waals surface area contributed by atoms with Crippen LogP contribution in [0.3, 0.4) is 0 Å². The minimum atomic E-state index is -6.58. The molecule has 1 fully saturated rings. The van der Waals surface area contributed by atoms with Crippen LogP contribution in [-0.2, 0) is 14.3 Å². The summed E-state index contributed by atoms with van der Waals surface area (Å²) < 4.78 is 162. The Morgan fingerprint density at radius 1 is 0.757 bits per heavy atom. The van der Waals surface area contributed by atoms with Gasteiger partial charge in [-0.25, -0.2) is 9.59 Å². The molecule has 1 saturated carbocycles. The van der Waals surface area contributed by atoms with E-state index in [0.717, 1.165) is 0 Å². The maximum atomic E-state index is 13.1. The normalized spacial score (nSPS) is 21.9. The highest BCUT2D eigenvalue weighted by atomic mass is 32.1. The molecule has 0 aromatic carbocycles. The van der Waals surface area contributed by atoms with Gasteiger partial charge in [0.05, 0.1) is 4.91 Å². The SMILES string of the molecule is C=C(S)C(=O)O.C=CC(=O)OC1CC(C(O)(C(F)(F)F)C(F)(F)F)CC(C(O)(C(F)(F)F)C(F)(F)F)C1. The van der Waals surface area contributed by atoms with Gasteiger partial charge in [-0.2, -0.15) is 52.7 Å². The van der Waals surface area contributed by atoms with Crippen molar-refractivity contribution in [2.75, 3.05) is 0 Å². The molecular weight excluding hydrogens is 572 g/mol. The fourth-order valence-corrected chi connectivity index (χ4v) is 3.50. The van der Waals surface area contributed by atoms with Crippen LogP contribution >= 0.6 is 12.6 Å². The summed E-state index contributed by atoms with van der Waals surface area (Å²) in [5.41, 5.74) is -11.5. The van der Waals surface area contributed by atoms with Crippen LogP contribution in [0.2, 0.25) is 0 Å². The number of ether oxygens (including phenoxy) is 1. The molecule has 0 heterocycles. The number of hydrogen-bond acceptors (Lipinski definition) is 6. The number of carboxylic acids is 1. The third kappa shape index (κ3) is 7.46. The lowest BCUT2D eigenvalue weighted by Crippen LogP contribution is -2.67. The lowest BCUT2D eigenvalue weighted by Gasteiger charge is -2.48. The fourth-order valence-electron chi connectivity index (χ4n) is 3.50. The summed E-state index contributed by atoms with van der Waals surface area (Å²) in [6.45, 7) is 5.84. The van der Waals surface area contributed by atoms with Crippen molar-refractivity contribution in [3.8, 4) is 0 Å². The van der Waals surface area contributed by atoms with E-state index in [9.17, 15) is 72.5 Å². The largest absolute Gasteiger partial charge is 0.477 e. The molecule has 0 saturated heterocycles. The van der Waals surface area contributed by atoms with Crippen molar-refractivity contribution in [2.24, 2.45) is 11.8 Å². The summed E-state index contributed by atoms with van der Waals surface area (Å²) >= 11 is 3.40. The summed E-state index contributed by atoms with van der Waals surface area (Å²) in [4.78, 5) is 20.6. The average molecular weight is 590 g/mol. The highest BCUT2D eigenvalue weighted by Gasteiger charge is 2.78. The second kappa shape index (κ2) is 11.3. The van der Waals surface area contributed by atoms with Crippen molar-refractivity contribution in [3.63, 3.8) is 0 Å². The molecule has 0 aliphatic heterocycles. The van der Waals surface area contributed by atoms with Crippen molar-refractivity contribution < 1.29 is 82.3 Å². The molecule has 216 valence electrons. The zero-order valence-corrected chi connectivity index (χ0v) is 18.8. The molecular formula is C18H18F12O6S. The standard InChI is InChI=1S/C15H14F12O4.C3H4O2S/c1-2-9(28)31-8-4-6(10(29,12(16,17)18)13(19,20)21)3-7(5-8)11(30,14(22,23)24)15(25,26)27;1-2(6)3(4)5/h2,6-8,29-30H,1,3-5H2;6H,1H2,(H,4,5). The van der Waals surface area contributed by atoms with Crippen molar-refractivity contribution >= 4 is 24.6 Å². The molecule has 0 spiro atoms. The van der Waals surface area contributed by atoms with E-state index in [4.69, 9.17) is 5.11 Å². The molecule has 2 unspecified atom stereocenters. The van der Waals surface area contributed by atoms with Gasteiger partial charge in [0.2, 0.25) is 0 Å². The van der Waals surface area contributed by atoms with Crippen molar-refractivity contribution in [1.82, 2.24) is 0 Å². The van der Waals surface area contributed by atoms with E-state index in [-0.39, 0.29) is 4.91 Å². The second-order valence-corrected chi connectivity index (χ2v) is 8.18. The van der Waals surface area contributed by atoms with E-state index in [1.165, 1.54) is 0 Å². The van der Waals surface area contributed by atoms with Crippen LogP contribution in [0, 0.1) is 11.8 Å². The molecule has 0 radical (unpaired) electrons. The predicted octanol–water partition coefficient (Wildman–Crippen LogP) is 4.73. The van der Waals surface area contributed by atoms with E-state index in [1.54, 1.807) is 0 Å². The number of alkyl halides is 12. The molecule has 37 heavy (non-hydrogen) atoms. The number of carbonyl (C=O) groups is 2. The first-order valence-corrected chi connectivity index (χ1v) is 9.78. The molecule has 6 nitrogen and oxygen atoms in total. The maximum Gasteiger partial charge on any atom is 0.426 e. The minimum absolute atomic E-state index is 0.130. The number of esters is 1. The van der Waals surface area contributed by atoms with E-state index < -0.39 is 85.0 Å². The summed E-state index contributed by atoms with van der Waals surface area (Å²) in [6, 6.07) is 0. The Hall–Kier alpha value is -2.15. The number of halogens is 12. The first-order valence-electron chi connectivity index (χ1n) is 9.34. The molecule has 1 rings (SSSR count). The Labute approximate surface area is 205 Å². The van der Waals surface area contributed by atoms with E-state index in [0.29, 0.717) is 6.08 Å². The lowest BCUT2D eigenvalue weighted by molar-refractivity contribution is -0.405. The summed E-state index contributed by atoms with van der Waals surface area (Å²) in [6.07, 6.45) is -33.8. The predicted molar refractivity (Wildman–Crippen MR) is 101 cm³/mol. The van der Waals surface area contributed by atoms with Gasteiger partial charge in [-0.05, 0) is 19.3 Å². The Morgan fingerprint density at radius 3 is 1.22 bits per heavy atom. The minimum Gasteiger partial charge on any atom is -0.477 e. The van der Waals surface area contributed by atoms with E-state index in [1.807, 2.05) is 0 Å². The third-order valence-electron chi connectivity index (χ3n) is 5.27. The van der Waals surface area contributed by atoms with Crippen LogP contribution < -0.4 is 0 Å². The highest BCUT2D eigenvalue weighted by Crippen LogP contribution is 2.57. The molecule has 1 aliphatic rings. The molecule has 1 aliphatic carbocycles. The van der Waals surface area contributed by atoms with Gasteiger partial charge in [0.25, 0.3) is 11.2 Å². The van der Waals surface area contributed by atoms with Gasteiger partial charge in [0, 0.05) is 17.9 Å². The van der Waals surface area contributed by atoms with Crippen LogP contribution in [0.5, 0.6) is 0 Å². The fraction of sp³-hybridized carbons (Fsp3) is 0.667. The smallest absolute Gasteiger partial charge is 0.426 e. The van der Waals surface area contributed by atoms with Gasteiger partial charge in [-0.3, -0.25) is 0 Å². The molecule has 2 atom stereocenters. The van der Waals surface area contributed by atoms with Gasteiger partial charge in [0.15, 0.2) is 0 Å². The Morgan fingerprint density at radius 2 is 1.03 bits per heavy atom. The lowest BCUT2D eigenvalue weighted by atomic mass is 9.65. The molecule has 19 heteroatoms. The van der Waals surface area contributed by atoms with Crippen molar-refractivity contribution in [3.05, 3.63) is 24.1 Å². The molecule has 0 bridgehead atoms. The molecule has 0 amide bonds. The van der Waals surface area contributed by atoms with Crippen LogP contribution in [0.25, 0.3) is 0 Å². The Balaban J connectivity index is 0.00000192. The summed E-state index contributed by atoms with van der Waals surface area (Å²) in [7, 11) is 0. The number of carbonyl (C=O) groups excluding carboxylic acids is 1. The Bertz CT molecular complexity index is 775. The van der Waals surface area contributed by atoms with Gasteiger partial charge >= 0.3 is 36.6 Å². The zero-order valence-electron chi connectivity index (χ0n) is 17.9. The Kier molecular flexibility index (Phi) is 10.6.